The first-order chi connectivity index (χ1) is 9.95. The fourth-order valence-corrected chi connectivity index (χ4v) is 2.22. The Labute approximate surface area is 157 Å². The number of nitrogens with zero attached hydrogens (tertiary/aromatic N) is 1. The molecule has 0 saturated carbocycles. The van der Waals surface area contributed by atoms with Crippen LogP contribution >= 0.6 is 0 Å². The van der Waals surface area contributed by atoms with Crippen LogP contribution in [0.5, 0.6) is 0 Å². The molecule has 0 unspecified atom stereocenters. The van der Waals surface area contributed by atoms with Gasteiger partial charge in [0, 0.05) is 6.54 Å². The summed E-state index contributed by atoms with van der Waals surface area (Å²) in [5, 5.41) is 11.1. The van der Waals surface area contributed by atoms with E-state index in [0.29, 0.717) is 6.54 Å². The largest absolute Gasteiger partial charge is 1.00 e. The Balaban J connectivity index is 0. The molecule has 22 heavy (non-hydrogen) atoms. The zero-order chi connectivity index (χ0) is 16.0. The van der Waals surface area contributed by atoms with Crippen molar-refractivity contribution >= 4 is 16.3 Å². The fraction of sp³-hybridized carbons (Fsp3) is 0.929. The Bertz CT molecular complexity index is 373. The molecular formula is C14H28NNaO5S. The molecule has 0 spiro atoms. The normalized spacial score (nSPS) is 12.2. The molecule has 0 heterocycles. The monoisotopic (exact) mass is 345 g/mol. The maximum atomic E-state index is 11.1. The Morgan fingerprint density at radius 2 is 1.45 bits per heavy atom. The smallest absolute Gasteiger partial charge is 0.860 e. The summed E-state index contributed by atoms with van der Waals surface area (Å²) in [4.78, 5) is 3.66. The predicted octanol–water partition coefficient (Wildman–Crippen LogP) is -0.510. The first kappa shape index (κ1) is 24.6. The quantitative estimate of drug-likeness (QED) is 0.150. The van der Waals surface area contributed by atoms with Gasteiger partial charge < -0.3 is 10.1 Å². The molecular weight excluding hydrogens is 317 g/mol. The van der Waals surface area contributed by atoms with Gasteiger partial charge in [-0.1, -0.05) is 64.7 Å². The second kappa shape index (κ2) is 16.2. The van der Waals surface area contributed by atoms with Crippen molar-refractivity contribution in [1.29, 1.82) is 0 Å². The van der Waals surface area contributed by atoms with E-state index < -0.39 is 22.9 Å². The molecule has 0 aliphatic heterocycles. The summed E-state index contributed by atoms with van der Waals surface area (Å²) < 4.78 is 32.7. The first-order valence-electron chi connectivity index (χ1n) is 7.78. The summed E-state index contributed by atoms with van der Waals surface area (Å²) in [5.74, 6) is -0.663. The molecule has 126 valence electrons. The van der Waals surface area contributed by atoms with Crippen LogP contribution in [0.15, 0.2) is 4.99 Å². The van der Waals surface area contributed by atoms with Crippen molar-refractivity contribution in [2.75, 3.05) is 13.2 Å². The van der Waals surface area contributed by atoms with E-state index in [2.05, 4.69) is 16.1 Å². The van der Waals surface area contributed by atoms with Crippen molar-refractivity contribution in [2.24, 2.45) is 4.99 Å². The van der Waals surface area contributed by atoms with Crippen molar-refractivity contribution in [3.63, 3.8) is 0 Å². The van der Waals surface area contributed by atoms with Crippen LogP contribution in [-0.2, 0) is 14.6 Å². The summed E-state index contributed by atoms with van der Waals surface area (Å²) in [6, 6.07) is 0. The molecule has 8 heteroatoms. The molecule has 0 atom stereocenters. The molecule has 0 rings (SSSR count). The number of unbranched alkanes of at least 4 members (excludes halogenated alkanes) is 9. The minimum atomic E-state index is -4.55. The summed E-state index contributed by atoms with van der Waals surface area (Å²) in [6.45, 7) is 1.87. The Hall–Kier alpha value is 0.340. The number of aliphatic imine (C=N–C) groups is 1. The molecule has 0 aliphatic carbocycles. The molecule has 0 radical (unpaired) electrons. The van der Waals surface area contributed by atoms with E-state index in [1.54, 1.807) is 0 Å². The van der Waals surface area contributed by atoms with Gasteiger partial charge in [0.2, 0.25) is 0 Å². The third-order valence-corrected chi connectivity index (χ3v) is 3.55. The van der Waals surface area contributed by atoms with E-state index in [-0.39, 0.29) is 29.6 Å². The van der Waals surface area contributed by atoms with Crippen LogP contribution in [0.2, 0.25) is 0 Å². The van der Waals surface area contributed by atoms with E-state index in [9.17, 15) is 13.5 Å². The average Bonchev–Trinajstić information content (AvgIpc) is 2.42. The van der Waals surface area contributed by atoms with E-state index in [0.717, 1.165) is 19.3 Å². The molecule has 0 aromatic rings. The zero-order valence-electron chi connectivity index (χ0n) is 13.9. The van der Waals surface area contributed by atoms with Crippen molar-refractivity contribution < 1.29 is 51.8 Å². The van der Waals surface area contributed by atoms with Gasteiger partial charge in [0.05, 0.1) is 6.61 Å². The van der Waals surface area contributed by atoms with Crippen molar-refractivity contribution in [3.8, 4) is 0 Å². The van der Waals surface area contributed by atoms with Gasteiger partial charge in [-0.2, -0.15) is 8.42 Å². The minimum absolute atomic E-state index is 0. The van der Waals surface area contributed by atoms with Gasteiger partial charge in [0.1, 0.15) is 0 Å². The molecule has 0 fully saturated rings. The van der Waals surface area contributed by atoms with Crippen LogP contribution in [0.1, 0.15) is 71.1 Å². The summed E-state index contributed by atoms with van der Waals surface area (Å²) in [5.41, 5.74) is 0. The molecule has 0 aromatic carbocycles. The number of hydrogen-bond donors (Lipinski definition) is 1. The van der Waals surface area contributed by atoms with Crippen LogP contribution < -0.4 is 34.7 Å². The SMILES string of the molecule is CCCCCCCCCCCCN=C([O-])COS(=O)(=O)O.[Na+]. The first-order valence-corrected chi connectivity index (χ1v) is 9.14. The summed E-state index contributed by atoms with van der Waals surface area (Å²) in [7, 11) is -4.55. The van der Waals surface area contributed by atoms with Crippen molar-refractivity contribution in [1.82, 2.24) is 0 Å². The van der Waals surface area contributed by atoms with Gasteiger partial charge in [-0.25, -0.2) is 4.18 Å². The molecule has 1 N–H and O–H groups in total. The average molecular weight is 345 g/mol. The van der Waals surface area contributed by atoms with Gasteiger partial charge in [-0.3, -0.25) is 4.55 Å². The third-order valence-electron chi connectivity index (χ3n) is 3.13. The van der Waals surface area contributed by atoms with Crippen LogP contribution in [0.3, 0.4) is 0 Å². The second-order valence-electron chi connectivity index (χ2n) is 5.15. The number of hydrogen-bond acceptors (Lipinski definition) is 5. The van der Waals surface area contributed by atoms with Crippen molar-refractivity contribution in [3.05, 3.63) is 0 Å². The van der Waals surface area contributed by atoms with E-state index in [1.165, 1.54) is 44.9 Å². The van der Waals surface area contributed by atoms with Gasteiger partial charge in [0.25, 0.3) is 0 Å². The minimum Gasteiger partial charge on any atom is -0.860 e. The number of rotatable bonds is 14. The Morgan fingerprint density at radius 3 is 1.91 bits per heavy atom. The van der Waals surface area contributed by atoms with Crippen LogP contribution in [0, 0.1) is 0 Å². The van der Waals surface area contributed by atoms with E-state index >= 15 is 0 Å². The topological polar surface area (TPSA) is 99.0 Å². The van der Waals surface area contributed by atoms with Gasteiger partial charge in [-0.15, -0.1) is 0 Å². The fourth-order valence-electron chi connectivity index (χ4n) is 1.97. The van der Waals surface area contributed by atoms with Crippen molar-refractivity contribution in [2.45, 2.75) is 71.1 Å². The maximum absolute atomic E-state index is 11.1. The van der Waals surface area contributed by atoms with Crippen LogP contribution in [0.25, 0.3) is 0 Å². The Morgan fingerprint density at radius 1 is 1.00 bits per heavy atom. The maximum Gasteiger partial charge on any atom is 1.00 e. The molecule has 0 aliphatic rings. The Kier molecular flexibility index (Phi) is 18.1. The molecule has 0 aromatic heterocycles. The van der Waals surface area contributed by atoms with Gasteiger partial charge in [-0.05, 0) is 12.3 Å². The van der Waals surface area contributed by atoms with Crippen LogP contribution in [-0.4, -0.2) is 32.0 Å². The third kappa shape index (κ3) is 20.3. The van der Waals surface area contributed by atoms with Gasteiger partial charge in [0.15, 0.2) is 0 Å². The van der Waals surface area contributed by atoms with E-state index in [1.807, 2.05) is 0 Å². The molecule has 0 bridgehead atoms. The molecule has 6 nitrogen and oxygen atoms in total. The van der Waals surface area contributed by atoms with E-state index in [4.69, 9.17) is 4.55 Å². The molecule has 0 amide bonds. The standard InChI is InChI=1S/C14H29NO5S.Na/c1-2-3-4-5-6-7-8-9-10-11-12-15-14(16)13-20-21(17,18)19;/h2-13H2,1H3,(H,15,16)(H,17,18,19);/q;+1/p-1. The summed E-state index contributed by atoms with van der Waals surface area (Å²) in [6.07, 6.45) is 12.0. The molecule has 0 saturated heterocycles. The second-order valence-corrected chi connectivity index (χ2v) is 6.24. The summed E-state index contributed by atoms with van der Waals surface area (Å²) >= 11 is 0. The predicted molar refractivity (Wildman–Crippen MR) is 81.6 cm³/mol. The van der Waals surface area contributed by atoms with Crippen LogP contribution in [0.4, 0.5) is 0 Å². The zero-order valence-corrected chi connectivity index (χ0v) is 16.7. The van der Waals surface area contributed by atoms with Gasteiger partial charge >= 0.3 is 40.0 Å².